The molecular weight excluding hydrogens is 642 g/mol. The highest BCUT2D eigenvalue weighted by Crippen LogP contribution is 2.28. The van der Waals surface area contributed by atoms with E-state index in [0.29, 0.717) is 28.1 Å². The lowest BCUT2D eigenvalue weighted by molar-refractivity contribution is -0.139. The molecule has 5 N–H and O–H groups in total. The quantitative estimate of drug-likeness (QED) is 0.0997. The van der Waals surface area contributed by atoms with E-state index in [1.165, 1.54) is 0 Å². The average Bonchev–Trinajstić information content (AvgIpc) is 3.87. The Hall–Kier alpha value is -7.07. The summed E-state index contributed by atoms with van der Waals surface area (Å²) in [5.74, 6) is -2.48. The molecule has 0 spiro atoms. The molecule has 0 saturated heterocycles. The van der Waals surface area contributed by atoms with Crippen molar-refractivity contribution >= 4 is 17.8 Å². The molecule has 0 radical (unpaired) electrons. The second kappa shape index (κ2) is 15.9. The number of amides is 1. The van der Waals surface area contributed by atoms with Crippen LogP contribution in [0.1, 0.15) is 26.3 Å². The highest BCUT2D eigenvalue weighted by atomic mass is 16.4. The maximum absolute atomic E-state index is 13.0. The molecule has 0 fully saturated rings. The van der Waals surface area contributed by atoms with Crippen LogP contribution in [0.15, 0.2) is 152 Å². The number of hydrogen-bond donors (Lipinski definition) is 5. The van der Waals surface area contributed by atoms with Crippen molar-refractivity contribution in [2.45, 2.75) is 12.5 Å². The van der Waals surface area contributed by atoms with Gasteiger partial charge in [0.05, 0.1) is 28.3 Å². The van der Waals surface area contributed by atoms with Crippen LogP contribution in [0.2, 0.25) is 0 Å². The molecule has 0 unspecified atom stereocenters. The smallest absolute Gasteiger partial charge is 0.336 e. The van der Waals surface area contributed by atoms with Crippen LogP contribution in [0.3, 0.4) is 0 Å². The van der Waals surface area contributed by atoms with Crippen LogP contribution < -0.4 is 5.32 Å². The Bertz CT molecular complexity index is 2250. The molecule has 10 nitrogen and oxygen atoms in total. The molecule has 0 aliphatic heterocycles. The zero-order chi connectivity index (χ0) is 35.6. The second-order valence-electron chi connectivity index (χ2n) is 11.5. The molecule has 0 saturated carbocycles. The molecular formula is C41H33N5O5. The number of H-pyrrole nitrogens is 2. The Balaban J connectivity index is 0.000000193. The lowest BCUT2D eigenvalue weighted by Gasteiger charge is -2.16. The van der Waals surface area contributed by atoms with Gasteiger partial charge < -0.3 is 15.5 Å². The summed E-state index contributed by atoms with van der Waals surface area (Å²) in [5.41, 5.74) is 7.64. The van der Waals surface area contributed by atoms with Gasteiger partial charge in [0.25, 0.3) is 5.91 Å². The standard InChI is InChI=1S/C25H21N3O3.C16H12N2O2/c29-24(26-23(25(30)31)15-17-9-3-1-4-10-17)20-14-8-7-13-19(20)22-16-21(27-28-22)18-11-5-2-6-12-18;19-16(20)13-9-5-4-8-12(13)15-10-14(17-18-15)11-6-2-1-3-7-11/h1-14,16,23H,15H2,(H,26,29)(H,27,28)(H,30,31);1-10H,(H,17,18)(H,19,20)/t23-;/m0./s1. The number of carbonyl (C=O) groups excluding carboxylic acids is 1. The van der Waals surface area contributed by atoms with Crippen molar-refractivity contribution in [3.8, 4) is 45.0 Å². The van der Waals surface area contributed by atoms with E-state index in [1.807, 2.05) is 121 Å². The van der Waals surface area contributed by atoms with Crippen molar-refractivity contribution in [2.24, 2.45) is 0 Å². The van der Waals surface area contributed by atoms with E-state index < -0.39 is 23.9 Å². The van der Waals surface area contributed by atoms with Crippen LogP contribution in [-0.2, 0) is 11.2 Å². The van der Waals surface area contributed by atoms with Gasteiger partial charge in [-0.05, 0) is 29.8 Å². The number of aromatic nitrogens is 4. The third-order valence-electron chi connectivity index (χ3n) is 8.09. The first-order valence-corrected chi connectivity index (χ1v) is 16.1. The fourth-order valence-corrected chi connectivity index (χ4v) is 5.54. The predicted molar refractivity (Wildman–Crippen MR) is 195 cm³/mol. The van der Waals surface area contributed by atoms with E-state index in [4.69, 9.17) is 0 Å². The van der Waals surface area contributed by atoms with Gasteiger partial charge in [-0.25, -0.2) is 9.59 Å². The number of carboxylic acid groups (broad SMARTS) is 2. The molecule has 7 aromatic rings. The van der Waals surface area contributed by atoms with Gasteiger partial charge in [-0.2, -0.15) is 10.2 Å². The number of hydrogen-bond acceptors (Lipinski definition) is 5. The normalized spacial score (nSPS) is 11.1. The van der Waals surface area contributed by atoms with E-state index in [0.717, 1.165) is 28.1 Å². The number of nitrogens with zero attached hydrogens (tertiary/aromatic N) is 2. The zero-order valence-corrected chi connectivity index (χ0v) is 27.2. The number of benzene rings is 5. The molecule has 1 amide bonds. The average molecular weight is 676 g/mol. The minimum Gasteiger partial charge on any atom is -0.480 e. The Kier molecular flexibility index (Phi) is 10.5. The SMILES string of the molecule is O=C(N[C@@H](Cc1ccccc1)C(=O)O)c1ccccc1-c1cc(-c2ccccc2)n[nH]1.O=C(O)c1ccccc1-c1cc(-c2ccccc2)n[nH]1. The van der Waals surface area contributed by atoms with Crippen molar-refractivity contribution in [1.29, 1.82) is 0 Å². The molecule has 2 heterocycles. The molecule has 7 rings (SSSR count). The molecule has 2 aromatic heterocycles. The van der Waals surface area contributed by atoms with Crippen LogP contribution in [0, 0.1) is 0 Å². The van der Waals surface area contributed by atoms with Crippen molar-refractivity contribution < 1.29 is 24.6 Å². The third kappa shape index (κ3) is 8.33. The summed E-state index contributed by atoms with van der Waals surface area (Å²) in [6.45, 7) is 0. The Morgan fingerprint density at radius 1 is 0.569 bits per heavy atom. The highest BCUT2D eigenvalue weighted by Gasteiger charge is 2.23. The fraction of sp³-hybridized carbons (Fsp3) is 0.0488. The zero-order valence-electron chi connectivity index (χ0n) is 27.2. The first-order valence-electron chi connectivity index (χ1n) is 16.1. The van der Waals surface area contributed by atoms with Gasteiger partial charge in [-0.1, -0.05) is 127 Å². The van der Waals surface area contributed by atoms with Crippen LogP contribution in [0.5, 0.6) is 0 Å². The minimum atomic E-state index is -1.08. The molecule has 1 atom stereocenters. The minimum absolute atomic E-state index is 0.201. The summed E-state index contributed by atoms with van der Waals surface area (Å²) in [4.78, 5) is 36.0. The number of carboxylic acids is 2. The predicted octanol–water partition coefficient (Wildman–Crippen LogP) is 7.61. The van der Waals surface area contributed by atoms with Gasteiger partial charge in [0, 0.05) is 34.2 Å². The number of aliphatic carboxylic acids is 1. The summed E-state index contributed by atoms with van der Waals surface area (Å²) in [5, 5.41) is 36.0. The van der Waals surface area contributed by atoms with Gasteiger partial charge in [-0.15, -0.1) is 0 Å². The molecule has 0 bridgehead atoms. The number of aromatic carboxylic acids is 1. The largest absolute Gasteiger partial charge is 0.480 e. The lowest BCUT2D eigenvalue weighted by Crippen LogP contribution is -2.42. The van der Waals surface area contributed by atoms with Gasteiger partial charge in [-0.3, -0.25) is 15.0 Å². The van der Waals surface area contributed by atoms with Gasteiger partial charge >= 0.3 is 11.9 Å². The van der Waals surface area contributed by atoms with Gasteiger partial charge in [0.1, 0.15) is 6.04 Å². The maximum atomic E-state index is 13.0. The Morgan fingerprint density at radius 2 is 1.00 bits per heavy atom. The van der Waals surface area contributed by atoms with Crippen molar-refractivity contribution in [3.05, 3.63) is 168 Å². The van der Waals surface area contributed by atoms with E-state index in [-0.39, 0.29) is 12.0 Å². The lowest BCUT2D eigenvalue weighted by atomic mass is 10.0. The Morgan fingerprint density at radius 3 is 1.49 bits per heavy atom. The third-order valence-corrected chi connectivity index (χ3v) is 8.09. The monoisotopic (exact) mass is 675 g/mol. The second-order valence-corrected chi connectivity index (χ2v) is 11.5. The first-order chi connectivity index (χ1) is 24.9. The van der Waals surface area contributed by atoms with Crippen LogP contribution in [0.4, 0.5) is 0 Å². The topological polar surface area (TPSA) is 161 Å². The summed E-state index contributed by atoms with van der Waals surface area (Å²) in [7, 11) is 0. The first kappa shape index (κ1) is 33.8. The molecule has 10 heteroatoms. The number of carbonyl (C=O) groups is 3. The molecule has 5 aromatic carbocycles. The van der Waals surface area contributed by atoms with Gasteiger partial charge in [0.15, 0.2) is 0 Å². The molecule has 252 valence electrons. The van der Waals surface area contributed by atoms with Crippen LogP contribution in [0.25, 0.3) is 45.0 Å². The van der Waals surface area contributed by atoms with Gasteiger partial charge in [0.2, 0.25) is 0 Å². The van der Waals surface area contributed by atoms with E-state index in [1.54, 1.807) is 30.3 Å². The number of nitrogens with one attached hydrogen (secondary N) is 3. The molecule has 0 aliphatic rings. The Labute approximate surface area is 293 Å². The summed E-state index contributed by atoms with van der Waals surface area (Å²) < 4.78 is 0. The van der Waals surface area contributed by atoms with Crippen molar-refractivity contribution in [1.82, 2.24) is 25.7 Å². The maximum Gasteiger partial charge on any atom is 0.336 e. The summed E-state index contributed by atoms with van der Waals surface area (Å²) in [6.07, 6.45) is 0.201. The summed E-state index contributed by atoms with van der Waals surface area (Å²) in [6, 6.07) is 45.3. The van der Waals surface area contributed by atoms with Crippen molar-refractivity contribution in [2.75, 3.05) is 0 Å². The summed E-state index contributed by atoms with van der Waals surface area (Å²) >= 11 is 0. The molecule has 51 heavy (non-hydrogen) atoms. The highest BCUT2D eigenvalue weighted by molar-refractivity contribution is 6.02. The molecule has 0 aliphatic carbocycles. The number of rotatable bonds is 10. The van der Waals surface area contributed by atoms with E-state index in [2.05, 4.69) is 25.7 Å². The number of aromatic amines is 2. The van der Waals surface area contributed by atoms with Crippen LogP contribution in [-0.4, -0.2) is 54.5 Å². The fourth-order valence-electron chi connectivity index (χ4n) is 5.54. The van der Waals surface area contributed by atoms with Crippen molar-refractivity contribution in [3.63, 3.8) is 0 Å². The van der Waals surface area contributed by atoms with E-state index >= 15 is 0 Å². The van der Waals surface area contributed by atoms with Crippen LogP contribution >= 0.6 is 0 Å². The van der Waals surface area contributed by atoms with E-state index in [9.17, 15) is 24.6 Å².